The molecule has 4 saturated carbocycles. The van der Waals surface area contributed by atoms with Crippen molar-refractivity contribution in [2.75, 3.05) is 0 Å². The molecule has 0 radical (unpaired) electrons. The number of hydrogen-bond acceptors (Lipinski definition) is 2. The second-order valence-corrected chi connectivity index (χ2v) is 10.8. The van der Waals surface area contributed by atoms with Gasteiger partial charge in [0.1, 0.15) is 5.78 Å². The zero-order valence-corrected chi connectivity index (χ0v) is 16.3. The lowest BCUT2D eigenvalue weighted by Gasteiger charge is -2.63. The maximum absolute atomic E-state index is 12.3. The third-order valence-electron chi connectivity index (χ3n) is 9.73. The van der Waals surface area contributed by atoms with Crippen LogP contribution in [-0.4, -0.2) is 16.5 Å². The van der Waals surface area contributed by atoms with Crippen LogP contribution in [0.15, 0.2) is 0 Å². The largest absolute Gasteiger partial charge is 0.390 e. The van der Waals surface area contributed by atoms with Crippen molar-refractivity contribution < 1.29 is 9.90 Å². The Morgan fingerprint density at radius 3 is 2.42 bits per heavy atom. The van der Waals surface area contributed by atoms with E-state index in [0.29, 0.717) is 29.0 Å². The van der Waals surface area contributed by atoms with Gasteiger partial charge in [-0.2, -0.15) is 0 Å². The molecule has 2 nitrogen and oxygen atoms in total. The molecule has 4 aliphatic carbocycles. The van der Waals surface area contributed by atoms with Crippen molar-refractivity contribution in [2.45, 2.75) is 85.2 Å². The van der Waals surface area contributed by atoms with E-state index in [1.165, 1.54) is 25.7 Å². The normalized spacial score (nSPS) is 60.3. The van der Waals surface area contributed by atoms with E-state index in [1.807, 2.05) is 0 Å². The molecule has 0 aromatic heterocycles. The second-order valence-electron chi connectivity index (χ2n) is 10.8. The van der Waals surface area contributed by atoms with Crippen molar-refractivity contribution >= 4 is 5.78 Å². The van der Waals surface area contributed by atoms with Crippen molar-refractivity contribution in [2.24, 2.45) is 46.3 Å². The fraction of sp³-hybridized carbons (Fsp3) is 0.955. The molecule has 0 amide bonds. The van der Waals surface area contributed by atoms with E-state index in [0.717, 1.165) is 31.1 Å². The summed E-state index contributed by atoms with van der Waals surface area (Å²) in [5.41, 5.74) is -0.0437. The maximum Gasteiger partial charge on any atom is 0.136 e. The quantitative estimate of drug-likeness (QED) is 0.689. The minimum atomic E-state index is -0.490. The Bertz CT molecular complexity index is 552. The van der Waals surface area contributed by atoms with Gasteiger partial charge >= 0.3 is 0 Å². The predicted octanol–water partition coefficient (Wildman–Crippen LogP) is 4.84. The predicted molar refractivity (Wildman–Crippen MR) is 96.5 cm³/mol. The number of carbonyl (C=O) groups is 1. The van der Waals surface area contributed by atoms with Crippen LogP contribution in [0.3, 0.4) is 0 Å². The minimum Gasteiger partial charge on any atom is -0.390 e. The van der Waals surface area contributed by atoms with Gasteiger partial charge in [0.25, 0.3) is 0 Å². The number of fused-ring (bicyclic) bond motifs is 5. The summed E-state index contributed by atoms with van der Waals surface area (Å²) in [6.07, 6.45) is 7.75. The monoisotopic (exact) mass is 332 g/mol. The van der Waals surface area contributed by atoms with Crippen LogP contribution in [0.2, 0.25) is 0 Å². The molecule has 4 rings (SSSR count). The minimum absolute atomic E-state index is 0.0989. The van der Waals surface area contributed by atoms with Gasteiger partial charge in [0.15, 0.2) is 0 Å². The van der Waals surface area contributed by atoms with Gasteiger partial charge in [0.2, 0.25) is 0 Å². The van der Waals surface area contributed by atoms with Crippen molar-refractivity contribution in [3.8, 4) is 0 Å². The number of hydrogen-bond donors (Lipinski definition) is 1. The molecular formula is C22H36O2. The molecule has 0 aromatic rings. The third kappa shape index (κ3) is 2.01. The summed E-state index contributed by atoms with van der Waals surface area (Å²) >= 11 is 0. The summed E-state index contributed by atoms with van der Waals surface area (Å²) in [5.74, 6) is 4.24. The summed E-state index contributed by atoms with van der Waals surface area (Å²) in [6, 6.07) is 0. The fourth-order valence-corrected chi connectivity index (χ4v) is 8.03. The molecule has 0 unspecified atom stereocenters. The molecule has 136 valence electrons. The number of aliphatic hydroxyl groups is 1. The summed E-state index contributed by atoms with van der Waals surface area (Å²) < 4.78 is 0. The Morgan fingerprint density at radius 1 is 1.04 bits per heavy atom. The molecule has 1 N–H and O–H groups in total. The van der Waals surface area contributed by atoms with Crippen LogP contribution in [0.25, 0.3) is 0 Å². The molecule has 0 bridgehead atoms. The highest BCUT2D eigenvalue weighted by Gasteiger charge is 2.64. The van der Waals surface area contributed by atoms with Crippen LogP contribution in [0, 0.1) is 46.3 Å². The van der Waals surface area contributed by atoms with Gasteiger partial charge in [-0.05, 0) is 85.9 Å². The number of ketones is 1. The van der Waals surface area contributed by atoms with Crippen molar-refractivity contribution in [3.63, 3.8) is 0 Å². The average Bonchev–Trinajstić information content (AvgIpc) is 2.73. The van der Waals surface area contributed by atoms with E-state index in [9.17, 15) is 9.90 Å². The highest BCUT2D eigenvalue weighted by molar-refractivity contribution is 5.82. The zero-order chi connectivity index (χ0) is 17.5. The van der Waals surface area contributed by atoms with Gasteiger partial charge in [0, 0.05) is 12.3 Å². The molecule has 9 atom stereocenters. The molecule has 0 aromatic carbocycles. The van der Waals surface area contributed by atoms with E-state index in [-0.39, 0.29) is 11.3 Å². The van der Waals surface area contributed by atoms with Crippen LogP contribution in [0.1, 0.15) is 79.6 Å². The van der Waals surface area contributed by atoms with Gasteiger partial charge in [-0.1, -0.05) is 27.7 Å². The molecule has 4 aliphatic rings. The van der Waals surface area contributed by atoms with Gasteiger partial charge in [0.05, 0.1) is 5.60 Å². The van der Waals surface area contributed by atoms with Crippen LogP contribution >= 0.6 is 0 Å². The lowest BCUT2D eigenvalue weighted by atomic mass is 9.42. The van der Waals surface area contributed by atoms with Crippen LogP contribution in [0.4, 0.5) is 0 Å². The lowest BCUT2D eigenvalue weighted by Crippen LogP contribution is -2.58. The van der Waals surface area contributed by atoms with Crippen molar-refractivity contribution in [1.82, 2.24) is 0 Å². The van der Waals surface area contributed by atoms with Gasteiger partial charge in [-0.3, -0.25) is 4.79 Å². The smallest absolute Gasteiger partial charge is 0.136 e. The SMILES string of the molecule is C[C@@H]1C[C@@]2(C)[C@@H](CC1=O)C[C@@H](C)[C@@H]1[C@@H]2CC[C@@]2(C)[C@H]1CC[C@@]2(C)O. The highest BCUT2D eigenvalue weighted by Crippen LogP contribution is 2.69. The molecule has 0 saturated heterocycles. The number of Topliss-reactive ketones (excluding diaryl/α,β-unsaturated/α-hetero) is 1. The lowest BCUT2D eigenvalue weighted by molar-refractivity contribution is -0.170. The first-order valence-electron chi connectivity index (χ1n) is 10.4. The first-order valence-corrected chi connectivity index (χ1v) is 10.4. The maximum atomic E-state index is 12.3. The van der Waals surface area contributed by atoms with Gasteiger partial charge in [-0.15, -0.1) is 0 Å². The van der Waals surface area contributed by atoms with Crippen molar-refractivity contribution in [1.29, 1.82) is 0 Å². The molecule has 4 fully saturated rings. The zero-order valence-electron chi connectivity index (χ0n) is 16.3. The Morgan fingerprint density at radius 2 is 1.71 bits per heavy atom. The Hall–Kier alpha value is -0.370. The summed E-state index contributed by atoms with van der Waals surface area (Å²) in [7, 11) is 0. The Labute approximate surface area is 147 Å². The van der Waals surface area contributed by atoms with E-state index in [1.54, 1.807) is 0 Å². The average molecular weight is 333 g/mol. The summed E-state index contributed by atoms with van der Waals surface area (Å²) in [6.45, 7) is 11.6. The molecule has 0 heterocycles. The molecule has 2 heteroatoms. The van der Waals surface area contributed by atoms with Gasteiger partial charge < -0.3 is 5.11 Å². The van der Waals surface area contributed by atoms with Crippen LogP contribution < -0.4 is 0 Å². The Balaban J connectivity index is 1.70. The molecule has 0 spiro atoms. The van der Waals surface area contributed by atoms with Crippen LogP contribution in [-0.2, 0) is 4.79 Å². The number of rotatable bonds is 0. The van der Waals surface area contributed by atoms with Gasteiger partial charge in [-0.25, -0.2) is 0 Å². The topological polar surface area (TPSA) is 37.3 Å². The second kappa shape index (κ2) is 5.09. The Kier molecular flexibility index (Phi) is 3.62. The molecule has 0 aliphatic heterocycles. The summed E-state index contributed by atoms with van der Waals surface area (Å²) in [4.78, 5) is 12.3. The van der Waals surface area contributed by atoms with Crippen molar-refractivity contribution in [3.05, 3.63) is 0 Å². The van der Waals surface area contributed by atoms with E-state index in [2.05, 4.69) is 34.6 Å². The van der Waals surface area contributed by atoms with E-state index < -0.39 is 5.60 Å². The summed E-state index contributed by atoms with van der Waals surface area (Å²) in [5, 5.41) is 11.1. The van der Waals surface area contributed by atoms with E-state index in [4.69, 9.17) is 0 Å². The standard InChI is InChI=1S/C22H36O2/c1-13-10-15-11-18(23)14(2)12-20(15,3)16-6-8-21(4)17(19(13)16)7-9-22(21,5)24/h13-17,19,24H,6-12H2,1-5H3/t13-,14-,15-,16+,17+,19-,20+,21+,22-/m1/s1. The third-order valence-corrected chi connectivity index (χ3v) is 9.73. The first kappa shape index (κ1) is 17.1. The highest BCUT2D eigenvalue weighted by atomic mass is 16.3. The molecule has 24 heavy (non-hydrogen) atoms. The van der Waals surface area contributed by atoms with Crippen LogP contribution in [0.5, 0.6) is 0 Å². The van der Waals surface area contributed by atoms with E-state index >= 15 is 0 Å². The molecular weight excluding hydrogens is 296 g/mol. The fourth-order valence-electron chi connectivity index (χ4n) is 8.03. The number of carbonyl (C=O) groups excluding carboxylic acids is 1. The first-order chi connectivity index (χ1) is 11.1.